The van der Waals surface area contributed by atoms with E-state index in [9.17, 15) is 14.4 Å². The van der Waals surface area contributed by atoms with Crippen molar-refractivity contribution in [3.05, 3.63) is 42.1 Å². The molecule has 1 aliphatic heterocycles. The fourth-order valence-electron chi connectivity index (χ4n) is 2.33. The van der Waals surface area contributed by atoms with E-state index in [4.69, 9.17) is 0 Å². The van der Waals surface area contributed by atoms with Crippen molar-refractivity contribution >= 4 is 29.2 Å². The number of anilines is 2. The van der Waals surface area contributed by atoms with Gasteiger partial charge in [0.05, 0.1) is 17.4 Å². The van der Waals surface area contributed by atoms with Crippen LogP contribution in [0.4, 0.5) is 11.5 Å². The van der Waals surface area contributed by atoms with Gasteiger partial charge >= 0.3 is 0 Å². The van der Waals surface area contributed by atoms with Crippen LogP contribution in [0.1, 0.15) is 23.2 Å². The van der Waals surface area contributed by atoms with Crippen molar-refractivity contribution in [2.45, 2.75) is 18.9 Å². The second-order valence-corrected chi connectivity index (χ2v) is 5.12. The van der Waals surface area contributed by atoms with Crippen LogP contribution in [0.3, 0.4) is 0 Å². The molecule has 8 heteroatoms. The smallest absolute Gasteiger partial charge is 0.254 e. The summed E-state index contributed by atoms with van der Waals surface area (Å²) in [7, 11) is 0. The molecule has 1 aliphatic rings. The third-order valence-corrected chi connectivity index (χ3v) is 3.49. The number of aromatic amines is 1. The van der Waals surface area contributed by atoms with E-state index < -0.39 is 6.04 Å². The summed E-state index contributed by atoms with van der Waals surface area (Å²) in [6, 6.07) is 7.63. The predicted molar refractivity (Wildman–Crippen MR) is 82.8 cm³/mol. The predicted octanol–water partition coefficient (Wildman–Crippen LogP) is 0.879. The summed E-state index contributed by atoms with van der Waals surface area (Å²) in [4.78, 5) is 36.2. The number of H-pyrrole nitrogens is 1. The molecule has 1 aromatic heterocycles. The molecule has 0 bridgehead atoms. The topological polar surface area (TPSA) is 116 Å². The molecule has 0 aliphatic carbocycles. The quantitative estimate of drug-likeness (QED) is 0.670. The van der Waals surface area contributed by atoms with E-state index in [-0.39, 0.29) is 30.6 Å². The number of rotatable bonds is 4. The SMILES string of the molecule is O=C(CC[C@@H]1NC(=O)c2ccccc2NC1=O)Nc1ccn[nH]1. The molecule has 0 saturated carbocycles. The second kappa shape index (κ2) is 6.30. The van der Waals surface area contributed by atoms with Gasteiger partial charge in [0.2, 0.25) is 11.8 Å². The zero-order valence-electron chi connectivity index (χ0n) is 12.1. The van der Waals surface area contributed by atoms with Gasteiger partial charge in [0.25, 0.3) is 5.91 Å². The average Bonchev–Trinajstić information content (AvgIpc) is 3.00. The minimum Gasteiger partial charge on any atom is -0.340 e. The van der Waals surface area contributed by atoms with E-state index in [1.54, 1.807) is 30.3 Å². The first-order chi connectivity index (χ1) is 11.1. The van der Waals surface area contributed by atoms with Crippen LogP contribution in [-0.2, 0) is 9.59 Å². The molecule has 3 amide bonds. The summed E-state index contributed by atoms with van der Waals surface area (Å²) in [5, 5.41) is 14.3. The summed E-state index contributed by atoms with van der Waals surface area (Å²) in [6.45, 7) is 0. The highest BCUT2D eigenvalue weighted by atomic mass is 16.2. The second-order valence-electron chi connectivity index (χ2n) is 5.12. The fourth-order valence-corrected chi connectivity index (χ4v) is 2.33. The Labute approximate surface area is 131 Å². The Bertz CT molecular complexity index is 741. The largest absolute Gasteiger partial charge is 0.340 e. The summed E-state index contributed by atoms with van der Waals surface area (Å²) < 4.78 is 0. The highest BCUT2D eigenvalue weighted by Crippen LogP contribution is 2.19. The Kier molecular flexibility index (Phi) is 4.05. The number of hydrogen-bond donors (Lipinski definition) is 4. The highest BCUT2D eigenvalue weighted by molar-refractivity contribution is 6.09. The number of hydrogen-bond acceptors (Lipinski definition) is 4. The van der Waals surface area contributed by atoms with Crippen molar-refractivity contribution in [2.24, 2.45) is 0 Å². The first-order valence-corrected chi connectivity index (χ1v) is 7.13. The number of aromatic nitrogens is 2. The highest BCUT2D eigenvalue weighted by Gasteiger charge is 2.27. The summed E-state index contributed by atoms with van der Waals surface area (Å²) in [6.07, 6.45) is 1.81. The van der Waals surface area contributed by atoms with Crippen molar-refractivity contribution in [1.29, 1.82) is 0 Å². The first-order valence-electron chi connectivity index (χ1n) is 7.13. The summed E-state index contributed by atoms with van der Waals surface area (Å²) >= 11 is 0. The number of fused-ring (bicyclic) bond motifs is 1. The maximum Gasteiger partial charge on any atom is 0.254 e. The standard InChI is InChI=1S/C15H15N5O3/c21-13(19-12-7-8-16-20-12)6-5-11-15(23)17-10-4-2-1-3-9(10)14(22)18-11/h1-4,7-8,11H,5-6H2,(H,17,23)(H,18,22)(H2,16,19,20,21)/t11-/m0/s1. The van der Waals surface area contributed by atoms with Crippen LogP contribution in [-0.4, -0.2) is 34.0 Å². The van der Waals surface area contributed by atoms with Crippen LogP contribution >= 0.6 is 0 Å². The Morgan fingerprint density at radius 2 is 2.04 bits per heavy atom. The van der Waals surface area contributed by atoms with Crippen molar-refractivity contribution in [3.63, 3.8) is 0 Å². The third-order valence-electron chi connectivity index (χ3n) is 3.49. The molecule has 0 fully saturated rings. The van der Waals surface area contributed by atoms with E-state index >= 15 is 0 Å². The minimum absolute atomic E-state index is 0.0910. The van der Waals surface area contributed by atoms with Crippen LogP contribution in [0.25, 0.3) is 0 Å². The number of amides is 3. The van der Waals surface area contributed by atoms with Crippen LogP contribution in [0.2, 0.25) is 0 Å². The molecule has 0 spiro atoms. The lowest BCUT2D eigenvalue weighted by atomic mass is 10.1. The van der Waals surface area contributed by atoms with Crippen LogP contribution in [0.5, 0.6) is 0 Å². The number of para-hydroxylation sites is 1. The van der Waals surface area contributed by atoms with E-state index in [0.29, 0.717) is 17.1 Å². The van der Waals surface area contributed by atoms with Gasteiger partial charge in [-0.2, -0.15) is 5.10 Å². The maximum absolute atomic E-state index is 12.2. The van der Waals surface area contributed by atoms with E-state index in [1.807, 2.05) is 0 Å². The Hall–Kier alpha value is -3.16. The molecule has 0 unspecified atom stereocenters. The monoisotopic (exact) mass is 313 g/mol. The summed E-state index contributed by atoms with van der Waals surface area (Å²) in [5.74, 6) is -0.453. The Morgan fingerprint density at radius 1 is 1.22 bits per heavy atom. The molecule has 2 heterocycles. The van der Waals surface area contributed by atoms with E-state index in [1.165, 1.54) is 6.20 Å². The van der Waals surface area contributed by atoms with Gasteiger partial charge in [-0.25, -0.2) is 0 Å². The molecule has 118 valence electrons. The average molecular weight is 313 g/mol. The van der Waals surface area contributed by atoms with Crippen molar-refractivity contribution in [1.82, 2.24) is 15.5 Å². The van der Waals surface area contributed by atoms with Crippen molar-refractivity contribution < 1.29 is 14.4 Å². The fraction of sp³-hybridized carbons (Fsp3) is 0.200. The molecule has 1 aromatic carbocycles. The van der Waals surface area contributed by atoms with Crippen molar-refractivity contribution in [3.8, 4) is 0 Å². The lowest BCUT2D eigenvalue weighted by Crippen LogP contribution is -2.41. The Morgan fingerprint density at radius 3 is 2.83 bits per heavy atom. The van der Waals surface area contributed by atoms with Gasteiger partial charge in [0.15, 0.2) is 0 Å². The zero-order chi connectivity index (χ0) is 16.2. The lowest BCUT2D eigenvalue weighted by molar-refractivity contribution is -0.118. The molecule has 4 N–H and O–H groups in total. The van der Waals surface area contributed by atoms with E-state index in [2.05, 4.69) is 26.1 Å². The van der Waals surface area contributed by atoms with Gasteiger partial charge in [0.1, 0.15) is 11.9 Å². The van der Waals surface area contributed by atoms with Gasteiger partial charge in [-0.05, 0) is 18.6 Å². The lowest BCUT2D eigenvalue weighted by Gasteiger charge is -2.14. The third kappa shape index (κ3) is 3.37. The zero-order valence-corrected chi connectivity index (χ0v) is 12.1. The number of carbonyl (C=O) groups excluding carboxylic acids is 3. The molecule has 2 aromatic rings. The number of benzene rings is 1. The first kappa shape index (κ1) is 14.8. The maximum atomic E-state index is 12.2. The van der Waals surface area contributed by atoms with Gasteiger partial charge < -0.3 is 16.0 Å². The molecule has 0 saturated heterocycles. The van der Waals surface area contributed by atoms with Gasteiger partial charge in [-0.1, -0.05) is 12.1 Å². The van der Waals surface area contributed by atoms with E-state index in [0.717, 1.165) is 0 Å². The molecule has 3 rings (SSSR count). The van der Waals surface area contributed by atoms with Gasteiger partial charge in [0, 0.05) is 12.5 Å². The molecular formula is C15H15N5O3. The normalized spacial score (nSPS) is 16.8. The van der Waals surface area contributed by atoms with Gasteiger partial charge in [-0.3, -0.25) is 19.5 Å². The van der Waals surface area contributed by atoms with Gasteiger partial charge in [-0.15, -0.1) is 0 Å². The van der Waals surface area contributed by atoms with Crippen molar-refractivity contribution in [2.75, 3.05) is 10.6 Å². The molecule has 8 nitrogen and oxygen atoms in total. The minimum atomic E-state index is -0.762. The van der Waals surface area contributed by atoms with Crippen LogP contribution < -0.4 is 16.0 Å². The molecular weight excluding hydrogens is 298 g/mol. The molecule has 1 atom stereocenters. The molecule has 23 heavy (non-hydrogen) atoms. The molecule has 0 radical (unpaired) electrons. The van der Waals surface area contributed by atoms with Crippen LogP contribution in [0, 0.1) is 0 Å². The summed E-state index contributed by atoms with van der Waals surface area (Å²) in [5.41, 5.74) is 0.879. The van der Waals surface area contributed by atoms with Crippen LogP contribution in [0.15, 0.2) is 36.5 Å². The Balaban J connectivity index is 1.62. The number of carbonyl (C=O) groups is 3. The number of nitrogens with one attached hydrogen (secondary N) is 4. The number of nitrogens with zero attached hydrogens (tertiary/aromatic N) is 1.